The molecule has 0 N–H and O–H groups in total. The van der Waals surface area contributed by atoms with Gasteiger partial charge in [-0.3, -0.25) is 38.4 Å². The Balaban J connectivity index is 4.28. The molecule has 1 saturated carbocycles. The van der Waals surface area contributed by atoms with Crippen LogP contribution in [0.15, 0.2) is 0 Å². The molecule has 0 aromatic carbocycles. The molecule has 8 nitrogen and oxygen atoms in total. The molecule has 0 aromatic rings. The van der Waals surface area contributed by atoms with Crippen LogP contribution < -0.4 is 0 Å². The summed E-state index contributed by atoms with van der Waals surface area (Å²) in [6, 6.07) is 0. The molecular formula is C16H16O8. The van der Waals surface area contributed by atoms with Crippen molar-refractivity contribution in [3.8, 4) is 0 Å². The Kier molecular flexibility index (Phi) is 4.67. The fourth-order valence-corrected chi connectivity index (χ4v) is 3.80. The van der Waals surface area contributed by atoms with Crippen molar-refractivity contribution < 1.29 is 38.4 Å². The summed E-state index contributed by atoms with van der Waals surface area (Å²) in [7, 11) is 0. The van der Waals surface area contributed by atoms with Crippen LogP contribution in [-0.4, -0.2) is 46.3 Å². The lowest BCUT2D eigenvalue weighted by Gasteiger charge is -2.48. The van der Waals surface area contributed by atoms with E-state index >= 15 is 0 Å². The van der Waals surface area contributed by atoms with Gasteiger partial charge in [-0.25, -0.2) is 0 Å². The van der Waals surface area contributed by atoms with Crippen molar-refractivity contribution in [3.63, 3.8) is 0 Å². The molecule has 0 heterocycles. The lowest BCUT2D eigenvalue weighted by molar-refractivity contribution is -0.181. The number of rotatable bonds is 5. The minimum Gasteiger partial charge on any atom is -0.299 e. The molecule has 0 aromatic heterocycles. The molecule has 24 heavy (non-hydrogen) atoms. The molecule has 0 amide bonds. The topological polar surface area (TPSA) is 137 Å². The smallest absolute Gasteiger partial charge is 0.266 e. The summed E-state index contributed by atoms with van der Waals surface area (Å²) in [6.07, 6.45) is 0. The summed E-state index contributed by atoms with van der Waals surface area (Å²) in [5.41, 5.74) is -5.86. The zero-order chi connectivity index (χ0) is 19.2. The van der Waals surface area contributed by atoms with E-state index < -0.39 is 63.0 Å². The maximum absolute atomic E-state index is 12.5. The molecule has 1 aliphatic rings. The second-order valence-corrected chi connectivity index (χ2v) is 5.85. The van der Waals surface area contributed by atoms with Gasteiger partial charge in [-0.2, -0.15) is 0 Å². The Bertz CT molecular complexity index is 711. The molecular weight excluding hydrogens is 320 g/mol. The van der Waals surface area contributed by atoms with E-state index in [1.165, 1.54) is 0 Å². The van der Waals surface area contributed by atoms with Crippen molar-refractivity contribution >= 4 is 46.3 Å². The van der Waals surface area contributed by atoms with Gasteiger partial charge in [0.2, 0.25) is 11.6 Å². The highest BCUT2D eigenvalue weighted by Crippen LogP contribution is 2.53. The van der Waals surface area contributed by atoms with Gasteiger partial charge < -0.3 is 0 Å². The minimum absolute atomic E-state index is 0.764. The van der Waals surface area contributed by atoms with Gasteiger partial charge in [0.05, 0.1) is 0 Å². The van der Waals surface area contributed by atoms with Crippen molar-refractivity contribution in [1.29, 1.82) is 0 Å². The zero-order valence-corrected chi connectivity index (χ0v) is 13.8. The van der Waals surface area contributed by atoms with Gasteiger partial charge >= 0.3 is 0 Å². The van der Waals surface area contributed by atoms with E-state index in [0.717, 1.165) is 34.6 Å². The number of carbonyl (C=O) groups is 8. The molecule has 0 spiro atoms. The first-order chi connectivity index (χ1) is 10.8. The normalized spacial score (nSPS) is 22.0. The van der Waals surface area contributed by atoms with E-state index in [0.29, 0.717) is 0 Å². The molecule has 0 aliphatic heterocycles. The van der Waals surface area contributed by atoms with E-state index in [2.05, 4.69) is 0 Å². The summed E-state index contributed by atoms with van der Waals surface area (Å²) in [4.78, 5) is 98.2. The van der Waals surface area contributed by atoms with E-state index in [1.807, 2.05) is 0 Å². The molecule has 1 aliphatic carbocycles. The van der Waals surface area contributed by atoms with Crippen LogP contribution in [0, 0.1) is 16.7 Å². The third-order valence-electron chi connectivity index (χ3n) is 4.63. The second-order valence-electron chi connectivity index (χ2n) is 5.85. The van der Waals surface area contributed by atoms with Crippen LogP contribution in [-0.2, 0) is 38.4 Å². The van der Waals surface area contributed by atoms with Crippen molar-refractivity contribution in [2.45, 2.75) is 34.6 Å². The number of ketones is 8. The number of carbonyl (C=O) groups excluding carboxylic acids is 8. The van der Waals surface area contributed by atoms with Gasteiger partial charge in [-0.15, -0.1) is 0 Å². The van der Waals surface area contributed by atoms with Crippen LogP contribution in [0.5, 0.6) is 0 Å². The third-order valence-corrected chi connectivity index (χ3v) is 4.63. The van der Waals surface area contributed by atoms with Gasteiger partial charge in [0.25, 0.3) is 5.78 Å². The van der Waals surface area contributed by atoms with Crippen LogP contribution >= 0.6 is 0 Å². The van der Waals surface area contributed by atoms with E-state index in [4.69, 9.17) is 0 Å². The summed E-state index contributed by atoms with van der Waals surface area (Å²) in [5.74, 6) is -13.1. The van der Waals surface area contributed by atoms with Crippen LogP contribution in [0.25, 0.3) is 0 Å². The summed E-state index contributed by atoms with van der Waals surface area (Å²) in [5, 5.41) is 0. The predicted octanol–water partition coefficient (Wildman–Crippen LogP) is -0.759. The lowest BCUT2D eigenvalue weighted by atomic mass is 9.44. The van der Waals surface area contributed by atoms with Crippen molar-refractivity contribution in [1.82, 2.24) is 0 Å². The Morgan fingerprint density at radius 1 is 0.708 bits per heavy atom. The number of hydrogen-bond acceptors (Lipinski definition) is 8. The maximum atomic E-state index is 12.5. The highest BCUT2D eigenvalue weighted by molar-refractivity contribution is 6.72. The van der Waals surface area contributed by atoms with Crippen LogP contribution in [0.4, 0.5) is 0 Å². The predicted molar refractivity (Wildman–Crippen MR) is 76.8 cm³/mol. The summed E-state index contributed by atoms with van der Waals surface area (Å²) >= 11 is 0. The van der Waals surface area contributed by atoms with E-state index in [1.54, 1.807) is 0 Å². The molecule has 1 atom stereocenters. The fraction of sp³-hybridized carbons (Fsp3) is 0.500. The quantitative estimate of drug-likeness (QED) is 0.472. The van der Waals surface area contributed by atoms with Crippen LogP contribution in [0.1, 0.15) is 34.6 Å². The molecule has 8 heteroatoms. The minimum atomic E-state index is -3.01. The first-order valence-electron chi connectivity index (χ1n) is 7.00. The molecule has 1 unspecified atom stereocenters. The molecule has 0 radical (unpaired) electrons. The molecule has 0 bridgehead atoms. The van der Waals surface area contributed by atoms with Crippen molar-refractivity contribution in [2.24, 2.45) is 16.7 Å². The van der Waals surface area contributed by atoms with E-state index in [9.17, 15) is 38.4 Å². The first kappa shape index (κ1) is 19.4. The van der Waals surface area contributed by atoms with Gasteiger partial charge in [-0.05, 0) is 34.6 Å². The number of hydrogen-bond donors (Lipinski definition) is 0. The van der Waals surface area contributed by atoms with Gasteiger partial charge in [-0.1, -0.05) is 0 Å². The highest BCUT2D eigenvalue weighted by atomic mass is 16.2. The fourth-order valence-electron chi connectivity index (χ4n) is 3.80. The first-order valence-corrected chi connectivity index (χ1v) is 7.00. The Hall–Kier alpha value is -2.64. The van der Waals surface area contributed by atoms with Crippen LogP contribution in [0.3, 0.4) is 0 Å². The Labute approximate surface area is 136 Å². The molecule has 0 saturated heterocycles. The average molecular weight is 336 g/mol. The highest BCUT2D eigenvalue weighted by Gasteiger charge is 2.77. The molecule has 128 valence electrons. The zero-order valence-electron chi connectivity index (χ0n) is 13.8. The van der Waals surface area contributed by atoms with Crippen molar-refractivity contribution in [3.05, 3.63) is 0 Å². The lowest BCUT2D eigenvalue weighted by Crippen LogP contribution is -2.73. The maximum Gasteiger partial charge on any atom is 0.266 e. The molecule has 1 fully saturated rings. The SMILES string of the molecule is CC(=O)C1C(=O)C(=O)C(=O)C(C(C)=O)(C(C)=O)C1(C(C)=O)C(C)=O. The summed E-state index contributed by atoms with van der Waals surface area (Å²) < 4.78 is 0. The monoisotopic (exact) mass is 336 g/mol. The van der Waals surface area contributed by atoms with Gasteiger partial charge in [0.15, 0.2) is 17.0 Å². The average Bonchev–Trinajstić information content (AvgIpc) is 2.42. The standard InChI is InChI=1S/C16H16O8/c1-6(17)11-12(22)13(23)14(24)16(9(4)20,10(5)21)15(11,7(2)18)8(3)19/h11H,1-5H3. The largest absolute Gasteiger partial charge is 0.299 e. The second kappa shape index (κ2) is 5.77. The van der Waals surface area contributed by atoms with Crippen molar-refractivity contribution in [2.75, 3.05) is 0 Å². The van der Waals surface area contributed by atoms with Gasteiger partial charge in [0.1, 0.15) is 28.7 Å². The Morgan fingerprint density at radius 2 is 1.08 bits per heavy atom. The Morgan fingerprint density at radius 3 is 1.33 bits per heavy atom. The molecule has 1 rings (SSSR count). The van der Waals surface area contributed by atoms with Gasteiger partial charge in [0, 0.05) is 0 Å². The van der Waals surface area contributed by atoms with E-state index in [-0.39, 0.29) is 0 Å². The third kappa shape index (κ3) is 1.92. The summed E-state index contributed by atoms with van der Waals surface area (Å²) in [6.45, 7) is 3.97. The van der Waals surface area contributed by atoms with Crippen LogP contribution in [0.2, 0.25) is 0 Å². The number of Topliss-reactive ketones (excluding diaryl/α,β-unsaturated/α-hetero) is 8.